The van der Waals surface area contributed by atoms with Crippen LogP contribution in [0.2, 0.25) is 0 Å². The van der Waals surface area contributed by atoms with Crippen LogP contribution >= 0.6 is 0 Å². The number of nitrogens with one attached hydrogen (secondary N) is 1. The maximum absolute atomic E-state index is 13.2. The molecule has 0 saturated carbocycles. The zero-order valence-electron chi connectivity index (χ0n) is 17.4. The van der Waals surface area contributed by atoms with E-state index in [-0.39, 0.29) is 12.1 Å². The number of carbonyl (C=O) groups excluding carboxylic acids is 1. The van der Waals surface area contributed by atoms with Gasteiger partial charge in [-0.1, -0.05) is 37.3 Å². The van der Waals surface area contributed by atoms with Crippen molar-refractivity contribution in [3.8, 4) is 11.4 Å². The second-order valence-corrected chi connectivity index (χ2v) is 7.35. The van der Waals surface area contributed by atoms with Crippen molar-refractivity contribution in [1.29, 1.82) is 0 Å². The first-order valence-electron chi connectivity index (χ1n) is 10.2. The SMILES string of the molecule is CCCn1c(-c2cccc(C(=O)NCc3ccccc3C(F)(F)F)c2)nc2cccnc21. The number of pyridine rings is 1. The molecule has 0 aliphatic carbocycles. The van der Waals surface area contributed by atoms with Crippen molar-refractivity contribution in [3.05, 3.63) is 83.6 Å². The number of amides is 1. The van der Waals surface area contributed by atoms with Gasteiger partial charge >= 0.3 is 6.18 Å². The lowest BCUT2D eigenvalue weighted by Crippen LogP contribution is -2.24. The Kier molecular flexibility index (Phi) is 5.94. The van der Waals surface area contributed by atoms with Crippen LogP contribution in [0.3, 0.4) is 0 Å². The van der Waals surface area contributed by atoms with E-state index >= 15 is 0 Å². The highest BCUT2D eigenvalue weighted by Crippen LogP contribution is 2.32. The van der Waals surface area contributed by atoms with Gasteiger partial charge in [-0.15, -0.1) is 0 Å². The van der Waals surface area contributed by atoms with Gasteiger partial charge in [0.05, 0.1) is 5.56 Å². The largest absolute Gasteiger partial charge is 0.416 e. The zero-order chi connectivity index (χ0) is 22.7. The van der Waals surface area contributed by atoms with Crippen molar-refractivity contribution in [3.63, 3.8) is 0 Å². The van der Waals surface area contributed by atoms with Gasteiger partial charge < -0.3 is 9.88 Å². The molecule has 0 radical (unpaired) electrons. The molecule has 4 aromatic rings. The Morgan fingerprint density at radius 2 is 1.88 bits per heavy atom. The normalized spacial score (nSPS) is 11.6. The molecule has 2 aromatic carbocycles. The van der Waals surface area contributed by atoms with Crippen LogP contribution in [-0.4, -0.2) is 20.4 Å². The molecular weight excluding hydrogens is 417 g/mol. The van der Waals surface area contributed by atoms with Crippen molar-refractivity contribution < 1.29 is 18.0 Å². The first-order chi connectivity index (χ1) is 15.4. The van der Waals surface area contributed by atoms with Crippen LogP contribution in [-0.2, 0) is 19.3 Å². The van der Waals surface area contributed by atoms with Crippen molar-refractivity contribution >= 4 is 17.1 Å². The van der Waals surface area contributed by atoms with Gasteiger partial charge in [0.2, 0.25) is 0 Å². The molecule has 5 nitrogen and oxygen atoms in total. The summed E-state index contributed by atoms with van der Waals surface area (Å²) in [6.45, 7) is 2.55. The van der Waals surface area contributed by atoms with Gasteiger partial charge in [0.15, 0.2) is 5.65 Å². The van der Waals surface area contributed by atoms with Crippen molar-refractivity contribution in [2.24, 2.45) is 0 Å². The summed E-state index contributed by atoms with van der Waals surface area (Å²) >= 11 is 0. The third-order valence-electron chi connectivity index (χ3n) is 5.10. The predicted molar refractivity (Wildman–Crippen MR) is 116 cm³/mol. The Morgan fingerprint density at radius 3 is 2.66 bits per heavy atom. The Hall–Kier alpha value is -3.68. The third-order valence-corrected chi connectivity index (χ3v) is 5.10. The molecule has 0 atom stereocenters. The number of imidazole rings is 1. The molecule has 1 amide bonds. The van der Waals surface area contributed by atoms with Gasteiger partial charge in [-0.3, -0.25) is 4.79 Å². The summed E-state index contributed by atoms with van der Waals surface area (Å²) in [5, 5.41) is 2.59. The molecule has 1 N–H and O–H groups in total. The highest BCUT2D eigenvalue weighted by Gasteiger charge is 2.32. The molecule has 0 unspecified atom stereocenters. The fourth-order valence-corrected chi connectivity index (χ4v) is 3.64. The average molecular weight is 438 g/mol. The maximum atomic E-state index is 13.2. The first-order valence-corrected chi connectivity index (χ1v) is 10.2. The van der Waals surface area contributed by atoms with E-state index in [0.717, 1.165) is 29.2 Å². The fourth-order valence-electron chi connectivity index (χ4n) is 3.64. The molecule has 32 heavy (non-hydrogen) atoms. The number of hydrogen-bond acceptors (Lipinski definition) is 3. The molecule has 0 aliphatic heterocycles. The highest BCUT2D eigenvalue weighted by atomic mass is 19.4. The molecule has 2 heterocycles. The second kappa shape index (κ2) is 8.82. The van der Waals surface area contributed by atoms with E-state index in [1.807, 2.05) is 22.8 Å². The monoisotopic (exact) mass is 438 g/mol. The van der Waals surface area contributed by atoms with Crippen molar-refractivity contribution in [1.82, 2.24) is 19.9 Å². The standard InChI is InChI=1S/C24H21F3N4O/c1-2-13-31-21(30-20-11-6-12-28-22(20)31)16-8-5-9-17(14-16)23(32)29-15-18-7-3-4-10-19(18)24(25,26)27/h3-12,14H,2,13,15H2,1H3,(H,29,32). The number of aromatic nitrogens is 3. The van der Waals surface area contributed by atoms with Gasteiger partial charge in [0.1, 0.15) is 11.3 Å². The number of nitrogens with zero attached hydrogens (tertiary/aromatic N) is 3. The Morgan fingerprint density at radius 1 is 1.06 bits per heavy atom. The maximum Gasteiger partial charge on any atom is 0.416 e. The highest BCUT2D eigenvalue weighted by molar-refractivity contribution is 5.95. The molecule has 0 spiro atoms. The van der Waals surface area contributed by atoms with Gasteiger partial charge in [0.25, 0.3) is 5.91 Å². The number of halogens is 3. The summed E-state index contributed by atoms with van der Waals surface area (Å²) in [5.74, 6) is 0.234. The number of carbonyl (C=O) groups is 1. The van der Waals surface area contributed by atoms with Gasteiger partial charge in [-0.25, -0.2) is 9.97 Å². The molecular formula is C24H21F3N4O. The molecule has 8 heteroatoms. The lowest BCUT2D eigenvalue weighted by Gasteiger charge is -2.13. The van der Waals surface area contributed by atoms with E-state index in [1.54, 1.807) is 24.4 Å². The summed E-state index contributed by atoms with van der Waals surface area (Å²) in [4.78, 5) is 21.8. The Balaban J connectivity index is 1.60. The van der Waals surface area contributed by atoms with Crippen LogP contribution in [0.1, 0.15) is 34.8 Å². The fraction of sp³-hybridized carbons (Fsp3) is 0.208. The Bertz CT molecular complexity index is 1260. The molecule has 0 bridgehead atoms. The van der Waals surface area contributed by atoms with E-state index in [2.05, 4.69) is 22.2 Å². The minimum Gasteiger partial charge on any atom is -0.348 e. The van der Waals surface area contributed by atoms with E-state index in [9.17, 15) is 18.0 Å². The average Bonchev–Trinajstić information content (AvgIpc) is 3.16. The summed E-state index contributed by atoms with van der Waals surface area (Å²) in [6.07, 6.45) is -1.88. The predicted octanol–water partition coefficient (Wildman–Crippen LogP) is 5.46. The zero-order valence-corrected chi connectivity index (χ0v) is 17.4. The van der Waals surface area contributed by atoms with Crippen LogP contribution in [0.5, 0.6) is 0 Å². The lowest BCUT2D eigenvalue weighted by atomic mass is 10.1. The van der Waals surface area contributed by atoms with Gasteiger partial charge in [-0.2, -0.15) is 13.2 Å². The summed E-state index contributed by atoms with van der Waals surface area (Å²) in [7, 11) is 0. The number of hydrogen-bond donors (Lipinski definition) is 1. The quantitative estimate of drug-likeness (QED) is 0.435. The number of aryl methyl sites for hydroxylation is 1. The molecule has 4 rings (SSSR count). The minimum absolute atomic E-state index is 0.0142. The van der Waals surface area contributed by atoms with E-state index in [0.29, 0.717) is 17.9 Å². The van der Waals surface area contributed by atoms with E-state index in [1.165, 1.54) is 18.2 Å². The molecule has 164 valence electrons. The van der Waals surface area contributed by atoms with E-state index < -0.39 is 17.6 Å². The first kappa shape index (κ1) is 21.5. The van der Waals surface area contributed by atoms with Gasteiger partial charge in [0, 0.05) is 30.4 Å². The van der Waals surface area contributed by atoms with Crippen LogP contribution in [0.4, 0.5) is 13.2 Å². The van der Waals surface area contributed by atoms with E-state index in [4.69, 9.17) is 0 Å². The van der Waals surface area contributed by atoms with Crippen LogP contribution in [0.25, 0.3) is 22.6 Å². The topological polar surface area (TPSA) is 59.8 Å². The van der Waals surface area contributed by atoms with Crippen molar-refractivity contribution in [2.45, 2.75) is 32.6 Å². The van der Waals surface area contributed by atoms with Crippen molar-refractivity contribution in [2.75, 3.05) is 0 Å². The van der Waals surface area contributed by atoms with Gasteiger partial charge in [-0.05, 0) is 42.3 Å². The number of fused-ring (bicyclic) bond motifs is 1. The van der Waals surface area contributed by atoms with Crippen LogP contribution in [0.15, 0.2) is 66.9 Å². The van der Waals surface area contributed by atoms with Crippen LogP contribution in [0, 0.1) is 0 Å². The number of benzene rings is 2. The molecule has 0 saturated heterocycles. The molecule has 0 aliphatic rings. The Labute approximate surface area is 182 Å². The third kappa shape index (κ3) is 4.34. The summed E-state index contributed by atoms with van der Waals surface area (Å²) in [6, 6.07) is 15.8. The molecule has 0 fully saturated rings. The summed E-state index contributed by atoms with van der Waals surface area (Å²) in [5.41, 5.74) is 1.86. The molecule has 2 aromatic heterocycles. The smallest absolute Gasteiger partial charge is 0.348 e. The number of alkyl halides is 3. The van der Waals surface area contributed by atoms with Crippen LogP contribution < -0.4 is 5.32 Å². The lowest BCUT2D eigenvalue weighted by molar-refractivity contribution is -0.138. The number of rotatable bonds is 6. The minimum atomic E-state index is -4.48. The second-order valence-electron chi connectivity index (χ2n) is 7.35. The summed E-state index contributed by atoms with van der Waals surface area (Å²) < 4.78 is 41.6.